The van der Waals surface area contributed by atoms with Crippen molar-refractivity contribution in [2.45, 2.75) is 33.4 Å². The highest BCUT2D eigenvalue weighted by atomic mass is 16.5. The highest BCUT2D eigenvalue weighted by Crippen LogP contribution is 2.24. The second-order valence-corrected chi connectivity index (χ2v) is 8.63. The largest absolute Gasteiger partial charge is 0.497 e. The average Bonchev–Trinajstić information content (AvgIpc) is 2.77. The number of ether oxygens (including phenoxy) is 2. The number of nitrogen functional groups attached to an aromatic ring is 1. The quantitative estimate of drug-likeness (QED) is 0.569. The predicted octanol–water partition coefficient (Wildman–Crippen LogP) is 0.821. The molecule has 1 amide bonds. The van der Waals surface area contributed by atoms with Crippen molar-refractivity contribution < 1.29 is 14.3 Å². The molecule has 2 aromatic rings. The zero-order chi connectivity index (χ0) is 24.1. The van der Waals surface area contributed by atoms with Crippen LogP contribution < -0.4 is 26.6 Å². The molecular formula is C23H33N5O5. The summed E-state index contributed by atoms with van der Waals surface area (Å²) in [5.74, 6) is 0.591. The van der Waals surface area contributed by atoms with Crippen LogP contribution in [0.3, 0.4) is 0 Å². The molecule has 2 heterocycles. The molecule has 10 nitrogen and oxygen atoms in total. The maximum Gasteiger partial charge on any atom is 0.330 e. The van der Waals surface area contributed by atoms with E-state index in [1.807, 2.05) is 30.9 Å². The Labute approximate surface area is 192 Å². The van der Waals surface area contributed by atoms with Crippen molar-refractivity contribution in [2.24, 2.45) is 5.92 Å². The number of hydrogen-bond acceptors (Lipinski definition) is 7. The SMILES string of the molecule is COCCN(C(=O)CN1CCc2ccc(OC)cc2C1)c1c(N)n(CC(C)C)c(=O)[nH]c1=O. The molecule has 3 N–H and O–H groups in total. The molecule has 1 aliphatic rings. The standard InChI is InChI=1S/C23H33N5O5/c1-15(2)12-28-21(24)20(22(30)25-23(28)31)27(9-10-32-3)19(29)14-26-8-7-16-5-6-18(33-4)11-17(16)13-26/h5-6,11,15H,7-10,12-14,24H2,1-4H3,(H,25,30,31). The van der Waals surface area contributed by atoms with Gasteiger partial charge < -0.3 is 20.1 Å². The van der Waals surface area contributed by atoms with Crippen LogP contribution in [0.5, 0.6) is 5.75 Å². The normalized spacial score (nSPS) is 13.7. The van der Waals surface area contributed by atoms with Gasteiger partial charge in [0.05, 0.1) is 20.3 Å². The molecule has 0 atom stereocenters. The monoisotopic (exact) mass is 459 g/mol. The zero-order valence-electron chi connectivity index (χ0n) is 19.7. The second-order valence-electron chi connectivity index (χ2n) is 8.63. The lowest BCUT2D eigenvalue weighted by atomic mass is 9.99. The molecule has 0 unspecified atom stereocenters. The lowest BCUT2D eigenvalue weighted by Crippen LogP contribution is -2.47. The van der Waals surface area contributed by atoms with Gasteiger partial charge in [0.1, 0.15) is 11.6 Å². The molecule has 1 aromatic carbocycles. The van der Waals surface area contributed by atoms with Crippen molar-refractivity contribution in [2.75, 3.05) is 51.1 Å². The third-order valence-electron chi connectivity index (χ3n) is 5.72. The number of hydrogen-bond donors (Lipinski definition) is 2. The smallest absolute Gasteiger partial charge is 0.330 e. The topological polar surface area (TPSA) is 123 Å². The molecule has 10 heteroatoms. The Morgan fingerprint density at radius 3 is 2.67 bits per heavy atom. The lowest BCUT2D eigenvalue weighted by molar-refractivity contribution is -0.120. The number of aromatic amines is 1. The summed E-state index contributed by atoms with van der Waals surface area (Å²) in [6.45, 7) is 5.96. The Bertz CT molecular complexity index is 1110. The van der Waals surface area contributed by atoms with E-state index in [0.29, 0.717) is 19.6 Å². The van der Waals surface area contributed by atoms with Crippen LogP contribution in [0, 0.1) is 5.92 Å². The molecule has 0 spiro atoms. The Morgan fingerprint density at radius 2 is 2.00 bits per heavy atom. The van der Waals surface area contributed by atoms with E-state index in [-0.39, 0.29) is 43.0 Å². The van der Waals surface area contributed by atoms with Gasteiger partial charge in [0.15, 0.2) is 5.69 Å². The number of nitrogens with zero attached hydrogens (tertiary/aromatic N) is 3. The maximum absolute atomic E-state index is 13.4. The van der Waals surface area contributed by atoms with E-state index < -0.39 is 11.2 Å². The molecule has 0 radical (unpaired) electrons. The Kier molecular flexibility index (Phi) is 7.93. The molecule has 0 bridgehead atoms. The number of carbonyl (C=O) groups is 1. The minimum absolute atomic E-state index is 0.0172. The van der Waals surface area contributed by atoms with Gasteiger partial charge in [0, 0.05) is 33.3 Å². The van der Waals surface area contributed by atoms with Gasteiger partial charge in [0.2, 0.25) is 5.91 Å². The van der Waals surface area contributed by atoms with Gasteiger partial charge in [-0.2, -0.15) is 0 Å². The number of aromatic nitrogens is 2. The molecule has 1 aliphatic heterocycles. The first-order chi connectivity index (χ1) is 15.7. The first-order valence-electron chi connectivity index (χ1n) is 11.0. The summed E-state index contributed by atoms with van der Waals surface area (Å²) in [4.78, 5) is 44.1. The van der Waals surface area contributed by atoms with Crippen LogP contribution in [0.25, 0.3) is 0 Å². The summed E-state index contributed by atoms with van der Waals surface area (Å²) in [5.41, 5.74) is 7.31. The zero-order valence-corrected chi connectivity index (χ0v) is 19.7. The third-order valence-corrected chi connectivity index (χ3v) is 5.72. The molecule has 1 aromatic heterocycles. The van der Waals surface area contributed by atoms with Crippen molar-refractivity contribution in [1.82, 2.24) is 14.5 Å². The minimum Gasteiger partial charge on any atom is -0.497 e. The fourth-order valence-electron chi connectivity index (χ4n) is 4.06. The van der Waals surface area contributed by atoms with Crippen molar-refractivity contribution in [3.05, 3.63) is 50.2 Å². The number of methoxy groups -OCH3 is 2. The van der Waals surface area contributed by atoms with E-state index in [1.54, 1.807) is 7.11 Å². The van der Waals surface area contributed by atoms with E-state index in [4.69, 9.17) is 15.2 Å². The number of benzene rings is 1. The molecule has 0 aliphatic carbocycles. The number of anilines is 2. The number of H-pyrrole nitrogens is 1. The molecule has 180 valence electrons. The Hall–Kier alpha value is -3.11. The van der Waals surface area contributed by atoms with E-state index >= 15 is 0 Å². The van der Waals surface area contributed by atoms with Gasteiger partial charge in [-0.3, -0.25) is 24.0 Å². The van der Waals surface area contributed by atoms with Crippen LogP contribution in [0.2, 0.25) is 0 Å². The molecule has 0 saturated carbocycles. The predicted molar refractivity (Wildman–Crippen MR) is 127 cm³/mol. The highest BCUT2D eigenvalue weighted by Gasteiger charge is 2.27. The van der Waals surface area contributed by atoms with Gasteiger partial charge in [-0.15, -0.1) is 0 Å². The van der Waals surface area contributed by atoms with Gasteiger partial charge in [-0.05, 0) is 35.6 Å². The molecular weight excluding hydrogens is 426 g/mol. The molecule has 0 fully saturated rings. The number of carbonyl (C=O) groups excluding carboxylic acids is 1. The van der Waals surface area contributed by atoms with Gasteiger partial charge in [0.25, 0.3) is 5.56 Å². The summed E-state index contributed by atoms with van der Waals surface area (Å²) in [6.07, 6.45) is 0.812. The number of nitrogens with two attached hydrogens (primary N) is 1. The summed E-state index contributed by atoms with van der Waals surface area (Å²) in [7, 11) is 3.14. The summed E-state index contributed by atoms with van der Waals surface area (Å²) >= 11 is 0. The van der Waals surface area contributed by atoms with Crippen molar-refractivity contribution in [3.8, 4) is 5.75 Å². The maximum atomic E-state index is 13.4. The first kappa shape index (κ1) is 24.5. The van der Waals surface area contributed by atoms with Crippen LogP contribution in [0.4, 0.5) is 11.5 Å². The summed E-state index contributed by atoms with van der Waals surface area (Å²) < 4.78 is 11.8. The van der Waals surface area contributed by atoms with Crippen LogP contribution in [0.15, 0.2) is 27.8 Å². The highest BCUT2D eigenvalue weighted by molar-refractivity contribution is 5.96. The van der Waals surface area contributed by atoms with Gasteiger partial charge in [-0.1, -0.05) is 19.9 Å². The van der Waals surface area contributed by atoms with Crippen molar-refractivity contribution >= 4 is 17.4 Å². The average molecular weight is 460 g/mol. The van der Waals surface area contributed by atoms with Crippen molar-refractivity contribution in [3.63, 3.8) is 0 Å². The number of amides is 1. The number of rotatable bonds is 9. The Balaban J connectivity index is 1.88. The van der Waals surface area contributed by atoms with Crippen LogP contribution in [0.1, 0.15) is 25.0 Å². The summed E-state index contributed by atoms with van der Waals surface area (Å²) in [6, 6.07) is 5.98. The van der Waals surface area contributed by atoms with Crippen LogP contribution in [-0.2, 0) is 29.0 Å². The summed E-state index contributed by atoms with van der Waals surface area (Å²) in [5, 5.41) is 0. The second kappa shape index (κ2) is 10.7. The Morgan fingerprint density at radius 1 is 1.24 bits per heavy atom. The molecule has 33 heavy (non-hydrogen) atoms. The lowest BCUT2D eigenvalue weighted by Gasteiger charge is -2.31. The molecule has 0 saturated heterocycles. The third kappa shape index (κ3) is 5.63. The number of fused-ring (bicyclic) bond motifs is 1. The van der Waals surface area contributed by atoms with E-state index in [2.05, 4.69) is 11.1 Å². The van der Waals surface area contributed by atoms with Crippen LogP contribution in [-0.4, -0.2) is 60.8 Å². The fraction of sp³-hybridized carbons (Fsp3) is 0.522. The fourth-order valence-corrected chi connectivity index (χ4v) is 4.06. The van der Waals surface area contributed by atoms with Gasteiger partial charge >= 0.3 is 5.69 Å². The van der Waals surface area contributed by atoms with E-state index in [9.17, 15) is 14.4 Å². The van der Waals surface area contributed by atoms with E-state index in [1.165, 1.54) is 22.1 Å². The molecule has 3 rings (SSSR count). The first-order valence-corrected chi connectivity index (χ1v) is 11.0. The van der Waals surface area contributed by atoms with Crippen LogP contribution >= 0.6 is 0 Å². The van der Waals surface area contributed by atoms with Gasteiger partial charge in [-0.25, -0.2) is 4.79 Å². The van der Waals surface area contributed by atoms with Crippen molar-refractivity contribution in [1.29, 1.82) is 0 Å². The number of nitrogens with one attached hydrogen (secondary N) is 1. The van der Waals surface area contributed by atoms with E-state index in [0.717, 1.165) is 17.7 Å². The minimum atomic E-state index is -0.685.